The van der Waals surface area contributed by atoms with E-state index in [1.165, 1.54) is 0 Å². The van der Waals surface area contributed by atoms with Crippen LogP contribution in [0.2, 0.25) is 0 Å². The Morgan fingerprint density at radius 3 is 2.67 bits per heavy atom. The molecule has 0 radical (unpaired) electrons. The van der Waals surface area contributed by atoms with Gasteiger partial charge in [-0.15, -0.1) is 0 Å². The maximum atomic E-state index is 12.0. The number of benzene rings is 1. The smallest absolute Gasteiger partial charge is 0.253 e. The summed E-state index contributed by atoms with van der Waals surface area (Å²) in [5.74, 6) is -0.0408. The SMILES string of the molecule is CSCCC(NC(=O)c1ccccc1Br)C(N)=O. The van der Waals surface area contributed by atoms with Crippen LogP contribution in [-0.4, -0.2) is 29.9 Å². The van der Waals surface area contributed by atoms with Crippen molar-refractivity contribution in [2.75, 3.05) is 12.0 Å². The van der Waals surface area contributed by atoms with Crippen LogP contribution < -0.4 is 11.1 Å². The minimum atomic E-state index is -0.628. The normalized spacial score (nSPS) is 11.9. The summed E-state index contributed by atoms with van der Waals surface area (Å²) in [5, 5.41) is 2.65. The van der Waals surface area contributed by atoms with Crippen molar-refractivity contribution in [3.05, 3.63) is 34.3 Å². The van der Waals surface area contributed by atoms with Crippen molar-refractivity contribution in [2.24, 2.45) is 5.73 Å². The molecule has 98 valence electrons. The number of carbonyl (C=O) groups is 2. The number of rotatable bonds is 6. The summed E-state index contributed by atoms with van der Waals surface area (Å²) >= 11 is 4.90. The van der Waals surface area contributed by atoms with Gasteiger partial charge in [0.05, 0.1) is 5.56 Å². The van der Waals surface area contributed by atoms with Gasteiger partial charge in [0.2, 0.25) is 5.91 Å². The summed E-state index contributed by atoms with van der Waals surface area (Å²) in [6, 6.07) is 6.42. The highest BCUT2D eigenvalue weighted by atomic mass is 79.9. The van der Waals surface area contributed by atoms with Crippen molar-refractivity contribution in [3.8, 4) is 0 Å². The predicted octanol–water partition coefficient (Wildman–Crippen LogP) is 1.79. The van der Waals surface area contributed by atoms with Gasteiger partial charge < -0.3 is 11.1 Å². The summed E-state index contributed by atoms with van der Waals surface area (Å²) in [6.45, 7) is 0. The molecule has 4 nitrogen and oxygen atoms in total. The van der Waals surface area contributed by atoms with Gasteiger partial charge in [-0.3, -0.25) is 9.59 Å². The van der Waals surface area contributed by atoms with Gasteiger partial charge in [-0.05, 0) is 46.5 Å². The molecule has 18 heavy (non-hydrogen) atoms. The molecule has 0 aliphatic carbocycles. The maximum Gasteiger partial charge on any atom is 0.253 e. The van der Waals surface area contributed by atoms with Crippen LogP contribution in [0.3, 0.4) is 0 Å². The lowest BCUT2D eigenvalue weighted by atomic mass is 10.1. The summed E-state index contributed by atoms with van der Waals surface area (Å²) in [4.78, 5) is 23.2. The number of halogens is 1. The van der Waals surface area contributed by atoms with Crippen LogP contribution in [0.15, 0.2) is 28.7 Å². The summed E-state index contributed by atoms with van der Waals surface area (Å²) in [7, 11) is 0. The second kappa shape index (κ2) is 7.43. The molecule has 0 heterocycles. The molecule has 1 aromatic rings. The van der Waals surface area contributed by atoms with E-state index in [1.54, 1.807) is 30.0 Å². The number of thioether (sulfide) groups is 1. The van der Waals surface area contributed by atoms with E-state index in [0.717, 1.165) is 5.75 Å². The number of hydrogen-bond donors (Lipinski definition) is 2. The first-order valence-electron chi connectivity index (χ1n) is 5.40. The summed E-state index contributed by atoms with van der Waals surface area (Å²) in [6.07, 6.45) is 2.47. The van der Waals surface area contributed by atoms with Gasteiger partial charge in [0.25, 0.3) is 5.91 Å². The fourth-order valence-electron chi connectivity index (χ4n) is 1.40. The van der Waals surface area contributed by atoms with E-state index in [0.29, 0.717) is 16.5 Å². The Kier molecular flexibility index (Phi) is 6.21. The summed E-state index contributed by atoms with van der Waals surface area (Å²) in [5.41, 5.74) is 5.76. The highest BCUT2D eigenvalue weighted by Gasteiger charge is 2.19. The monoisotopic (exact) mass is 330 g/mol. The molecule has 0 aliphatic rings. The fourth-order valence-corrected chi connectivity index (χ4v) is 2.34. The van der Waals surface area contributed by atoms with Crippen LogP contribution in [0.5, 0.6) is 0 Å². The predicted molar refractivity (Wildman–Crippen MR) is 77.6 cm³/mol. The van der Waals surface area contributed by atoms with Crippen LogP contribution >= 0.6 is 27.7 Å². The van der Waals surface area contributed by atoms with Gasteiger partial charge in [-0.1, -0.05) is 12.1 Å². The first-order valence-corrected chi connectivity index (χ1v) is 7.58. The highest BCUT2D eigenvalue weighted by Crippen LogP contribution is 2.16. The Hall–Kier alpha value is -1.01. The van der Waals surface area contributed by atoms with E-state index in [9.17, 15) is 9.59 Å². The molecule has 0 saturated carbocycles. The minimum absolute atomic E-state index is 0.299. The first kappa shape index (κ1) is 15.0. The van der Waals surface area contributed by atoms with E-state index >= 15 is 0 Å². The fraction of sp³-hybridized carbons (Fsp3) is 0.333. The van der Waals surface area contributed by atoms with Crippen molar-refractivity contribution in [1.82, 2.24) is 5.32 Å². The Labute approximate surface area is 119 Å². The zero-order valence-electron chi connectivity index (χ0n) is 9.98. The van der Waals surface area contributed by atoms with Gasteiger partial charge in [-0.2, -0.15) is 11.8 Å². The van der Waals surface area contributed by atoms with Gasteiger partial charge in [-0.25, -0.2) is 0 Å². The van der Waals surface area contributed by atoms with Crippen LogP contribution in [0.25, 0.3) is 0 Å². The van der Waals surface area contributed by atoms with E-state index < -0.39 is 11.9 Å². The summed E-state index contributed by atoms with van der Waals surface area (Å²) < 4.78 is 0.690. The van der Waals surface area contributed by atoms with Gasteiger partial charge in [0, 0.05) is 4.47 Å². The first-order chi connectivity index (χ1) is 8.56. The lowest BCUT2D eigenvalue weighted by Crippen LogP contribution is -2.44. The number of primary amides is 1. The van der Waals surface area contributed by atoms with Crippen molar-refractivity contribution in [1.29, 1.82) is 0 Å². The molecule has 0 aromatic heterocycles. The van der Waals surface area contributed by atoms with Gasteiger partial charge >= 0.3 is 0 Å². The molecule has 0 spiro atoms. The van der Waals surface area contributed by atoms with Crippen LogP contribution in [-0.2, 0) is 4.79 Å². The Morgan fingerprint density at radius 2 is 2.11 bits per heavy atom. The molecule has 1 aromatic carbocycles. The minimum Gasteiger partial charge on any atom is -0.368 e. The molecule has 1 unspecified atom stereocenters. The number of nitrogens with one attached hydrogen (secondary N) is 1. The van der Waals surface area contributed by atoms with Gasteiger partial charge in [0.15, 0.2) is 0 Å². The number of carbonyl (C=O) groups excluding carboxylic acids is 2. The number of nitrogens with two attached hydrogens (primary N) is 1. The molecule has 0 fully saturated rings. The average Bonchev–Trinajstić information content (AvgIpc) is 2.34. The van der Waals surface area contributed by atoms with Crippen molar-refractivity contribution in [3.63, 3.8) is 0 Å². The third-order valence-corrected chi connectivity index (χ3v) is 3.71. The Balaban J connectivity index is 2.72. The molecule has 1 atom stereocenters. The zero-order valence-corrected chi connectivity index (χ0v) is 12.4. The molecule has 3 N–H and O–H groups in total. The van der Waals surface area contributed by atoms with Crippen molar-refractivity contribution in [2.45, 2.75) is 12.5 Å². The Bertz CT molecular complexity index is 440. The number of amides is 2. The number of hydrogen-bond acceptors (Lipinski definition) is 3. The van der Waals surface area contributed by atoms with Crippen LogP contribution in [0.1, 0.15) is 16.8 Å². The van der Waals surface area contributed by atoms with Crippen molar-refractivity contribution >= 4 is 39.5 Å². The Morgan fingerprint density at radius 1 is 1.44 bits per heavy atom. The molecule has 1 rings (SSSR count). The third-order valence-electron chi connectivity index (χ3n) is 2.38. The standard InChI is InChI=1S/C12H15BrN2O2S/c1-18-7-6-10(11(14)16)15-12(17)8-4-2-3-5-9(8)13/h2-5,10H,6-7H2,1H3,(H2,14,16)(H,15,17). The quantitative estimate of drug-likeness (QED) is 0.835. The largest absolute Gasteiger partial charge is 0.368 e. The molecular formula is C12H15BrN2O2S. The zero-order chi connectivity index (χ0) is 13.5. The second-order valence-electron chi connectivity index (χ2n) is 3.69. The van der Waals surface area contributed by atoms with Crippen molar-refractivity contribution < 1.29 is 9.59 Å². The van der Waals surface area contributed by atoms with Crippen LogP contribution in [0.4, 0.5) is 0 Å². The van der Waals surface area contributed by atoms with E-state index in [4.69, 9.17) is 5.73 Å². The highest BCUT2D eigenvalue weighted by molar-refractivity contribution is 9.10. The second-order valence-corrected chi connectivity index (χ2v) is 5.53. The average molecular weight is 331 g/mol. The lowest BCUT2D eigenvalue weighted by molar-refractivity contribution is -0.119. The van der Waals surface area contributed by atoms with E-state index in [-0.39, 0.29) is 5.91 Å². The lowest BCUT2D eigenvalue weighted by Gasteiger charge is -2.15. The third kappa shape index (κ3) is 4.34. The maximum absolute atomic E-state index is 12.0. The molecule has 0 bridgehead atoms. The molecule has 0 saturated heterocycles. The molecule has 2 amide bonds. The topological polar surface area (TPSA) is 72.2 Å². The van der Waals surface area contributed by atoms with E-state index in [1.807, 2.05) is 12.3 Å². The molecule has 0 aliphatic heterocycles. The molecular weight excluding hydrogens is 316 g/mol. The molecule has 6 heteroatoms. The van der Waals surface area contributed by atoms with Gasteiger partial charge in [0.1, 0.15) is 6.04 Å². The van der Waals surface area contributed by atoms with E-state index in [2.05, 4.69) is 21.2 Å². The van der Waals surface area contributed by atoms with Crippen LogP contribution in [0, 0.1) is 0 Å².